The molecule has 176 valence electrons. The van der Waals surface area contributed by atoms with Crippen molar-refractivity contribution in [3.05, 3.63) is 83.4 Å². The summed E-state index contributed by atoms with van der Waals surface area (Å²) in [5, 5.41) is 9.86. The third kappa shape index (κ3) is 4.90. The first-order valence-electron chi connectivity index (χ1n) is 12.1. The van der Waals surface area contributed by atoms with Crippen LogP contribution in [0.1, 0.15) is 42.9 Å². The van der Waals surface area contributed by atoms with Gasteiger partial charge in [-0.2, -0.15) is 0 Å². The molecule has 0 atom stereocenters. The maximum Gasteiger partial charge on any atom is 0.231 e. The molecule has 1 fully saturated rings. The molecular weight excluding hydrogens is 426 g/mol. The van der Waals surface area contributed by atoms with Crippen LogP contribution in [0.4, 0.5) is 0 Å². The summed E-state index contributed by atoms with van der Waals surface area (Å²) in [6.45, 7) is 6.47. The van der Waals surface area contributed by atoms with Crippen molar-refractivity contribution in [3.8, 4) is 23.0 Å². The summed E-state index contributed by atoms with van der Waals surface area (Å²) in [7, 11) is 0. The molecule has 2 aliphatic rings. The smallest absolute Gasteiger partial charge is 0.231 e. The van der Waals surface area contributed by atoms with Crippen LogP contribution in [0.2, 0.25) is 0 Å². The minimum absolute atomic E-state index is 0.256. The zero-order chi connectivity index (χ0) is 23.3. The van der Waals surface area contributed by atoms with E-state index in [1.165, 1.54) is 31.5 Å². The molecule has 0 aliphatic carbocycles. The van der Waals surface area contributed by atoms with E-state index in [2.05, 4.69) is 36.1 Å². The van der Waals surface area contributed by atoms with Crippen molar-refractivity contribution in [1.82, 2.24) is 4.90 Å². The number of allylic oxidation sites excluding steroid dienone is 1. The fraction of sp³-hybridized carbons (Fsp3) is 0.310. The Bertz CT molecular complexity index is 1150. The number of phenolic OH excluding ortho intramolecular Hbond substituents is 1. The highest BCUT2D eigenvalue weighted by Crippen LogP contribution is 2.40. The van der Waals surface area contributed by atoms with Gasteiger partial charge in [-0.25, -0.2) is 0 Å². The van der Waals surface area contributed by atoms with Gasteiger partial charge in [-0.15, -0.1) is 0 Å². The van der Waals surface area contributed by atoms with E-state index in [9.17, 15) is 5.11 Å². The van der Waals surface area contributed by atoms with Crippen LogP contribution in [-0.4, -0.2) is 43.0 Å². The summed E-state index contributed by atoms with van der Waals surface area (Å²) >= 11 is 0. The summed E-state index contributed by atoms with van der Waals surface area (Å²) in [4.78, 5) is 2.46. The SMILES string of the molecule is CC/C(=C(\c1ccc(O)cc1)c1ccc(OCCN2CCCC2)cc1)c1ccc2c(c1)OCO2. The number of nitrogens with zero attached hydrogens (tertiary/aromatic N) is 1. The van der Waals surface area contributed by atoms with Crippen molar-refractivity contribution >= 4 is 11.1 Å². The first-order chi connectivity index (χ1) is 16.7. The minimum atomic E-state index is 0.256. The highest BCUT2D eigenvalue weighted by Gasteiger charge is 2.18. The monoisotopic (exact) mass is 457 g/mol. The van der Waals surface area contributed by atoms with Gasteiger partial charge in [0.2, 0.25) is 6.79 Å². The quantitative estimate of drug-likeness (QED) is 0.423. The molecular formula is C29H31NO4. The Labute approximate surface area is 201 Å². The Kier molecular flexibility index (Phi) is 6.72. The molecule has 1 N–H and O–H groups in total. The highest BCUT2D eigenvalue weighted by molar-refractivity contribution is 5.99. The van der Waals surface area contributed by atoms with E-state index in [0.29, 0.717) is 6.61 Å². The number of phenols is 1. The van der Waals surface area contributed by atoms with Crippen LogP contribution in [0.25, 0.3) is 11.1 Å². The molecule has 0 saturated carbocycles. The van der Waals surface area contributed by atoms with Crippen molar-refractivity contribution in [2.45, 2.75) is 26.2 Å². The molecule has 5 nitrogen and oxygen atoms in total. The average Bonchev–Trinajstić information content (AvgIpc) is 3.55. The van der Waals surface area contributed by atoms with E-state index >= 15 is 0 Å². The lowest BCUT2D eigenvalue weighted by atomic mass is 9.88. The second-order valence-corrected chi connectivity index (χ2v) is 8.74. The Morgan fingerprint density at radius 2 is 1.50 bits per heavy atom. The molecule has 0 unspecified atom stereocenters. The van der Waals surface area contributed by atoms with Gasteiger partial charge in [0, 0.05) is 6.54 Å². The lowest BCUT2D eigenvalue weighted by Gasteiger charge is -2.18. The molecule has 2 aliphatic heterocycles. The van der Waals surface area contributed by atoms with Crippen molar-refractivity contribution in [2.24, 2.45) is 0 Å². The number of hydrogen-bond acceptors (Lipinski definition) is 5. The van der Waals surface area contributed by atoms with Crippen LogP contribution >= 0.6 is 0 Å². The summed E-state index contributed by atoms with van der Waals surface area (Å²) in [5.74, 6) is 2.69. The van der Waals surface area contributed by atoms with Gasteiger partial charge in [-0.1, -0.05) is 37.3 Å². The molecule has 5 heteroatoms. The van der Waals surface area contributed by atoms with E-state index in [1.54, 1.807) is 12.1 Å². The van der Waals surface area contributed by atoms with Gasteiger partial charge in [-0.3, -0.25) is 4.90 Å². The van der Waals surface area contributed by atoms with Crippen LogP contribution < -0.4 is 14.2 Å². The number of likely N-dealkylation sites (tertiary alicyclic amines) is 1. The van der Waals surface area contributed by atoms with Gasteiger partial charge in [0.15, 0.2) is 11.5 Å². The van der Waals surface area contributed by atoms with Gasteiger partial charge in [0.25, 0.3) is 0 Å². The van der Waals surface area contributed by atoms with Crippen LogP contribution in [0, 0.1) is 0 Å². The summed E-state index contributed by atoms with van der Waals surface area (Å²) < 4.78 is 17.2. The summed E-state index contributed by atoms with van der Waals surface area (Å²) in [6, 6.07) is 21.8. The van der Waals surface area contributed by atoms with E-state index < -0.39 is 0 Å². The first-order valence-corrected chi connectivity index (χ1v) is 12.1. The maximum atomic E-state index is 9.86. The molecule has 0 amide bonds. The van der Waals surface area contributed by atoms with E-state index in [1.807, 2.05) is 30.3 Å². The fourth-order valence-corrected chi connectivity index (χ4v) is 4.77. The molecule has 0 radical (unpaired) electrons. The average molecular weight is 458 g/mol. The molecule has 1 saturated heterocycles. The fourth-order valence-electron chi connectivity index (χ4n) is 4.77. The van der Waals surface area contributed by atoms with Crippen molar-refractivity contribution in [3.63, 3.8) is 0 Å². The number of hydrogen-bond donors (Lipinski definition) is 1. The van der Waals surface area contributed by atoms with E-state index in [-0.39, 0.29) is 12.5 Å². The number of aromatic hydroxyl groups is 1. The Balaban J connectivity index is 1.46. The number of benzene rings is 3. The molecule has 34 heavy (non-hydrogen) atoms. The van der Waals surface area contributed by atoms with Gasteiger partial charge in [0.1, 0.15) is 18.1 Å². The van der Waals surface area contributed by atoms with Crippen LogP contribution in [0.15, 0.2) is 66.7 Å². The first kappa shape index (κ1) is 22.4. The topological polar surface area (TPSA) is 51.2 Å². The second-order valence-electron chi connectivity index (χ2n) is 8.74. The number of ether oxygens (including phenoxy) is 3. The molecule has 3 aromatic carbocycles. The zero-order valence-electron chi connectivity index (χ0n) is 19.6. The van der Waals surface area contributed by atoms with Crippen LogP contribution in [0.5, 0.6) is 23.0 Å². The van der Waals surface area contributed by atoms with Crippen LogP contribution in [-0.2, 0) is 0 Å². The Morgan fingerprint density at radius 1 is 0.853 bits per heavy atom. The van der Waals surface area contributed by atoms with E-state index in [4.69, 9.17) is 14.2 Å². The summed E-state index contributed by atoms with van der Waals surface area (Å²) in [6.07, 6.45) is 3.43. The van der Waals surface area contributed by atoms with Gasteiger partial charge in [0.05, 0.1) is 0 Å². The lowest BCUT2D eigenvalue weighted by Crippen LogP contribution is -2.25. The predicted molar refractivity (Wildman–Crippen MR) is 134 cm³/mol. The van der Waals surface area contributed by atoms with Gasteiger partial charge < -0.3 is 19.3 Å². The lowest BCUT2D eigenvalue weighted by molar-refractivity contribution is 0.174. The molecule has 2 heterocycles. The third-order valence-corrected chi connectivity index (χ3v) is 6.55. The molecule has 5 rings (SSSR count). The Morgan fingerprint density at radius 3 is 2.21 bits per heavy atom. The minimum Gasteiger partial charge on any atom is -0.508 e. The third-order valence-electron chi connectivity index (χ3n) is 6.55. The van der Waals surface area contributed by atoms with E-state index in [0.717, 1.165) is 52.5 Å². The molecule has 3 aromatic rings. The molecule has 0 bridgehead atoms. The maximum absolute atomic E-state index is 9.86. The largest absolute Gasteiger partial charge is 0.508 e. The standard InChI is InChI=1S/C29H31NO4/c1-2-26(23-9-14-27-28(19-23)34-20-33-27)29(21-5-10-24(31)11-6-21)22-7-12-25(13-8-22)32-18-17-30-15-3-4-16-30/h5-14,19,31H,2-4,15-18,20H2,1H3/b29-26-. The Hall–Kier alpha value is -3.44. The summed E-state index contributed by atoms with van der Waals surface area (Å²) in [5.41, 5.74) is 5.58. The van der Waals surface area contributed by atoms with Gasteiger partial charge >= 0.3 is 0 Å². The second kappa shape index (κ2) is 10.2. The van der Waals surface area contributed by atoms with Crippen molar-refractivity contribution in [1.29, 1.82) is 0 Å². The highest BCUT2D eigenvalue weighted by atomic mass is 16.7. The number of rotatable bonds is 8. The number of fused-ring (bicyclic) bond motifs is 1. The molecule has 0 aromatic heterocycles. The normalized spacial score (nSPS) is 15.9. The van der Waals surface area contributed by atoms with Gasteiger partial charge in [-0.05, 0) is 96.6 Å². The van der Waals surface area contributed by atoms with Crippen LogP contribution in [0.3, 0.4) is 0 Å². The van der Waals surface area contributed by atoms with Crippen molar-refractivity contribution < 1.29 is 19.3 Å². The van der Waals surface area contributed by atoms with Crippen molar-refractivity contribution in [2.75, 3.05) is 33.0 Å². The predicted octanol–water partition coefficient (Wildman–Crippen LogP) is 5.96. The molecule has 0 spiro atoms. The zero-order valence-corrected chi connectivity index (χ0v) is 19.6.